The second kappa shape index (κ2) is 4.58. The van der Waals surface area contributed by atoms with Crippen molar-refractivity contribution in [1.82, 2.24) is 0 Å². The molecule has 0 bridgehead atoms. The van der Waals surface area contributed by atoms with Crippen molar-refractivity contribution in [3.8, 4) is 0 Å². The standard InChI is InChI=1S/C9H13NO3/c1-5-8(12)13-9(4,7(2)3)10-6-11/h5,7H,1H2,2-4H3. The predicted octanol–water partition coefficient (Wildman–Crippen LogP) is 1.42. The van der Waals surface area contributed by atoms with Gasteiger partial charge in [0.2, 0.25) is 11.8 Å². The van der Waals surface area contributed by atoms with Gasteiger partial charge >= 0.3 is 5.97 Å². The molecule has 4 heteroatoms. The van der Waals surface area contributed by atoms with Crippen molar-refractivity contribution in [2.75, 3.05) is 0 Å². The lowest BCUT2D eigenvalue weighted by atomic mass is 10.0. The molecule has 0 fully saturated rings. The van der Waals surface area contributed by atoms with Crippen LogP contribution in [0, 0.1) is 5.92 Å². The maximum Gasteiger partial charge on any atom is 0.332 e. The van der Waals surface area contributed by atoms with Crippen molar-refractivity contribution in [1.29, 1.82) is 0 Å². The molecule has 0 heterocycles. The van der Waals surface area contributed by atoms with Gasteiger partial charge in [-0.1, -0.05) is 20.4 Å². The van der Waals surface area contributed by atoms with E-state index in [1.165, 1.54) is 6.08 Å². The zero-order chi connectivity index (χ0) is 10.5. The monoisotopic (exact) mass is 183 g/mol. The third-order valence-corrected chi connectivity index (χ3v) is 1.81. The number of carbonyl (C=O) groups is 1. The van der Waals surface area contributed by atoms with Crippen molar-refractivity contribution in [3.05, 3.63) is 12.7 Å². The van der Waals surface area contributed by atoms with Gasteiger partial charge in [0.25, 0.3) is 0 Å². The van der Waals surface area contributed by atoms with Crippen molar-refractivity contribution in [3.63, 3.8) is 0 Å². The van der Waals surface area contributed by atoms with Crippen LogP contribution in [0.3, 0.4) is 0 Å². The van der Waals surface area contributed by atoms with Gasteiger partial charge in [-0.25, -0.2) is 9.59 Å². The highest BCUT2D eigenvalue weighted by Crippen LogP contribution is 2.22. The van der Waals surface area contributed by atoms with Gasteiger partial charge in [0.15, 0.2) is 0 Å². The summed E-state index contributed by atoms with van der Waals surface area (Å²) in [6.07, 6.45) is 2.41. The van der Waals surface area contributed by atoms with Crippen LogP contribution in [0.15, 0.2) is 17.6 Å². The summed E-state index contributed by atoms with van der Waals surface area (Å²) in [7, 11) is 0. The number of rotatable bonds is 4. The highest BCUT2D eigenvalue weighted by Gasteiger charge is 2.31. The van der Waals surface area contributed by atoms with Gasteiger partial charge in [-0.15, -0.1) is 0 Å². The molecule has 0 aliphatic carbocycles. The van der Waals surface area contributed by atoms with Gasteiger partial charge in [-0.2, -0.15) is 4.99 Å². The molecule has 0 aliphatic heterocycles. The molecular weight excluding hydrogens is 170 g/mol. The van der Waals surface area contributed by atoms with E-state index in [2.05, 4.69) is 11.6 Å². The fraction of sp³-hybridized carbons (Fsp3) is 0.556. The number of nitrogens with zero attached hydrogens (tertiary/aromatic N) is 1. The highest BCUT2D eigenvalue weighted by molar-refractivity contribution is 5.81. The van der Waals surface area contributed by atoms with Crippen LogP contribution < -0.4 is 0 Å². The maximum absolute atomic E-state index is 10.9. The summed E-state index contributed by atoms with van der Waals surface area (Å²) in [5.74, 6) is -0.701. The van der Waals surface area contributed by atoms with Crippen molar-refractivity contribution < 1.29 is 14.3 Å². The molecule has 0 aromatic heterocycles. The first-order valence-electron chi connectivity index (χ1n) is 3.90. The molecular formula is C9H13NO3. The Morgan fingerprint density at radius 3 is 2.54 bits per heavy atom. The van der Waals surface area contributed by atoms with Gasteiger partial charge in [-0.05, 0) is 6.92 Å². The zero-order valence-electron chi connectivity index (χ0n) is 8.03. The van der Waals surface area contributed by atoms with E-state index in [0.717, 1.165) is 6.08 Å². The molecule has 13 heavy (non-hydrogen) atoms. The molecule has 0 saturated heterocycles. The molecule has 0 N–H and O–H groups in total. The quantitative estimate of drug-likeness (QED) is 0.286. The van der Waals surface area contributed by atoms with Gasteiger partial charge in [-0.3, -0.25) is 0 Å². The first-order chi connectivity index (χ1) is 5.96. The summed E-state index contributed by atoms with van der Waals surface area (Å²) in [6.45, 7) is 8.37. The Labute approximate surface area is 77.3 Å². The smallest absolute Gasteiger partial charge is 0.332 e. The molecule has 1 atom stereocenters. The predicted molar refractivity (Wildman–Crippen MR) is 47.7 cm³/mol. The van der Waals surface area contributed by atoms with Crippen LogP contribution in [-0.2, 0) is 14.3 Å². The fourth-order valence-electron chi connectivity index (χ4n) is 0.606. The number of esters is 1. The molecule has 0 aliphatic rings. The minimum atomic E-state index is -1.15. The molecule has 0 rings (SSSR count). The topological polar surface area (TPSA) is 55.7 Å². The number of hydrogen-bond acceptors (Lipinski definition) is 4. The number of ether oxygens (including phenoxy) is 1. The summed E-state index contributed by atoms with van der Waals surface area (Å²) in [4.78, 5) is 24.4. The summed E-state index contributed by atoms with van der Waals surface area (Å²) < 4.78 is 4.90. The lowest BCUT2D eigenvalue weighted by Crippen LogP contribution is -2.34. The minimum Gasteiger partial charge on any atom is -0.433 e. The van der Waals surface area contributed by atoms with Gasteiger partial charge in [0, 0.05) is 12.0 Å². The van der Waals surface area contributed by atoms with Crippen molar-refractivity contribution in [2.45, 2.75) is 26.5 Å². The molecule has 1 unspecified atom stereocenters. The SMILES string of the molecule is C=CC(=O)OC(C)(N=C=O)C(C)C. The number of aliphatic imine (C=N–C) groups is 1. The fourth-order valence-corrected chi connectivity index (χ4v) is 0.606. The van der Waals surface area contributed by atoms with E-state index in [0.29, 0.717) is 0 Å². The normalized spacial score (nSPS) is 14.2. The highest BCUT2D eigenvalue weighted by atomic mass is 16.6. The van der Waals surface area contributed by atoms with Crippen LogP contribution >= 0.6 is 0 Å². The van der Waals surface area contributed by atoms with Crippen LogP contribution in [0.25, 0.3) is 0 Å². The van der Waals surface area contributed by atoms with Crippen molar-refractivity contribution >= 4 is 12.0 Å². The average Bonchev–Trinajstić information content (AvgIpc) is 2.04. The van der Waals surface area contributed by atoms with E-state index in [1.807, 2.05) is 0 Å². The molecule has 0 spiro atoms. The summed E-state index contributed by atoms with van der Waals surface area (Å²) in [5, 5.41) is 0. The Balaban J connectivity index is 4.69. The first kappa shape index (κ1) is 11.6. The molecule has 0 radical (unpaired) electrons. The maximum atomic E-state index is 10.9. The van der Waals surface area contributed by atoms with Crippen LogP contribution in [0.4, 0.5) is 0 Å². The second-order valence-corrected chi connectivity index (χ2v) is 3.04. The van der Waals surface area contributed by atoms with Gasteiger partial charge in [0.05, 0.1) is 0 Å². The Morgan fingerprint density at radius 2 is 2.23 bits per heavy atom. The van der Waals surface area contributed by atoms with Crippen LogP contribution in [0.2, 0.25) is 0 Å². The summed E-state index contributed by atoms with van der Waals surface area (Å²) in [5.41, 5.74) is -1.15. The molecule has 72 valence electrons. The van der Waals surface area contributed by atoms with Gasteiger partial charge in [0.1, 0.15) is 0 Å². The Bertz CT molecular complexity index is 254. The van der Waals surface area contributed by atoms with E-state index in [9.17, 15) is 9.59 Å². The van der Waals surface area contributed by atoms with E-state index in [-0.39, 0.29) is 5.92 Å². The number of carbonyl (C=O) groups excluding carboxylic acids is 2. The number of isocyanates is 1. The first-order valence-corrected chi connectivity index (χ1v) is 3.90. The van der Waals surface area contributed by atoms with E-state index in [1.54, 1.807) is 20.8 Å². The van der Waals surface area contributed by atoms with E-state index >= 15 is 0 Å². The van der Waals surface area contributed by atoms with E-state index in [4.69, 9.17) is 4.74 Å². The Kier molecular flexibility index (Phi) is 4.08. The molecule has 0 aromatic carbocycles. The summed E-state index contributed by atoms with van der Waals surface area (Å²) in [6, 6.07) is 0. The third kappa shape index (κ3) is 3.22. The van der Waals surface area contributed by atoms with Crippen LogP contribution in [-0.4, -0.2) is 17.8 Å². The Hall–Kier alpha value is -1.41. The lowest BCUT2D eigenvalue weighted by Gasteiger charge is -2.26. The molecule has 0 aromatic rings. The van der Waals surface area contributed by atoms with E-state index < -0.39 is 11.7 Å². The van der Waals surface area contributed by atoms with Crippen LogP contribution in [0.5, 0.6) is 0 Å². The van der Waals surface area contributed by atoms with Gasteiger partial charge < -0.3 is 4.74 Å². The molecule has 0 saturated carbocycles. The third-order valence-electron chi connectivity index (χ3n) is 1.81. The minimum absolute atomic E-state index is 0.0992. The zero-order valence-corrected chi connectivity index (χ0v) is 8.03. The lowest BCUT2D eigenvalue weighted by molar-refractivity contribution is -0.155. The van der Waals surface area contributed by atoms with Crippen LogP contribution in [0.1, 0.15) is 20.8 Å². The summed E-state index contributed by atoms with van der Waals surface area (Å²) >= 11 is 0. The second-order valence-electron chi connectivity index (χ2n) is 3.04. The molecule has 0 amide bonds. The average molecular weight is 183 g/mol. The molecule has 4 nitrogen and oxygen atoms in total. The van der Waals surface area contributed by atoms with Crippen molar-refractivity contribution in [2.24, 2.45) is 10.9 Å². The Morgan fingerprint density at radius 1 is 1.69 bits per heavy atom. The largest absolute Gasteiger partial charge is 0.433 e. The number of hydrogen-bond donors (Lipinski definition) is 0.